The maximum Gasteiger partial charge on any atom is 0.0661 e. The number of rotatable bonds is 0. The molecule has 1 N–H and O–H groups in total. The molecule has 4 bridgehead atoms. The molecule has 0 aromatic rings. The summed E-state index contributed by atoms with van der Waals surface area (Å²) < 4.78 is 0. The van der Waals surface area contributed by atoms with Crippen LogP contribution in [0.15, 0.2) is 0 Å². The molecule has 2 unspecified atom stereocenters. The van der Waals surface area contributed by atoms with Gasteiger partial charge in [0.1, 0.15) is 0 Å². The summed E-state index contributed by atoms with van der Waals surface area (Å²) >= 11 is 0. The molecule has 5 aliphatic carbocycles. The highest BCUT2D eigenvalue weighted by molar-refractivity contribution is 5.28. The van der Waals surface area contributed by atoms with Crippen LogP contribution in [0.4, 0.5) is 0 Å². The molecule has 5 aliphatic rings. The van der Waals surface area contributed by atoms with E-state index in [2.05, 4.69) is 13.8 Å². The fourth-order valence-electron chi connectivity index (χ4n) is 6.20. The Kier molecular flexibility index (Phi) is 0.839. The highest BCUT2D eigenvalue weighted by Crippen LogP contribution is 2.84. The van der Waals surface area contributed by atoms with Gasteiger partial charge in [0.15, 0.2) is 0 Å². The average molecular weight is 178 g/mol. The van der Waals surface area contributed by atoms with Crippen molar-refractivity contribution in [2.45, 2.75) is 45.1 Å². The van der Waals surface area contributed by atoms with Crippen molar-refractivity contribution in [3.8, 4) is 0 Å². The zero-order valence-electron chi connectivity index (χ0n) is 8.51. The Balaban J connectivity index is 1.92. The molecule has 0 aromatic carbocycles. The number of aliphatic hydroxyl groups is 1. The third-order valence-electron chi connectivity index (χ3n) is 5.67. The van der Waals surface area contributed by atoms with Crippen molar-refractivity contribution in [1.29, 1.82) is 0 Å². The van der Waals surface area contributed by atoms with Crippen LogP contribution in [-0.2, 0) is 0 Å². The van der Waals surface area contributed by atoms with Crippen molar-refractivity contribution < 1.29 is 5.11 Å². The molecule has 0 heterocycles. The normalized spacial score (nSPS) is 77.3. The zero-order chi connectivity index (χ0) is 9.06. The molecule has 0 saturated heterocycles. The van der Waals surface area contributed by atoms with Crippen LogP contribution >= 0.6 is 0 Å². The minimum absolute atomic E-state index is 0.254. The molecular weight excluding hydrogens is 160 g/mol. The van der Waals surface area contributed by atoms with Crippen LogP contribution in [0.5, 0.6) is 0 Å². The molecule has 0 spiro atoms. The Labute approximate surface area is 79.5 Å². The monoisotopic (exact) mass is 178 g/mol. The van der Waals surface area contributed by atoms with E-state index < -0.39 is 0 Å². The first-order chi connectivity index (χ1) is 5.96. The van der Waals surface area contributed by atoms with Crippen molar-refractivity contribution in [3.05, 3.63) is 0 Å². The van der Waals surface area contributed by atoms with Gasteiger partial charge in [0, 0.05) is 0 Å². The Morgan fingerprint density at radius 2 is 1.54 bits per heavy atom. The zero-order valence-corrected chi connectivity index (χ0v) is 8.51. The highest BCUT2D eigenvalue weighted by Gasteiger charge is 2.79. The van der Waals surface area contributed by atoms with Gasteiger partial charge in [-0.25, -0.2) is 0 Å². The van der Waals surface area contributed by atoms with Crippen LogP contribution in [-0.4, -0.2) is 10.7 Å². The van der Waals surface area contributed by atoms with E-state index in [1.165, 1.54) is 6.42 Å². The van der Waals surface area contributed by atoms with E-state index in [0.717, 1.165) is 37.0 Å². The van der Waals surface area contributed by atoms with Gasteiger partial charge in [-0.1, -0.05) is 13.8 Å². The predicted octanol–water partition coefficient (Wildman–Crippen LogP) is 2.19. The summed E-state index contributed by atoms with van der Waals surface area (Å²) in [7, 11) is 0. The first kappa shape index (κ1) is 7.28. The van der Waals surface area contributed by atoms with Crippen molar-refractivity contribution >= 4 is 0 Å². The lowest BCUT2D eigenvalue weighted by Crippen LogP contribution is -2.51. The Bertz CT molecular complexity index is 286. The third-order valence-corrected chi connectivity index (χ3v) is 5.67. The first-order valence-corrected chi connectivity index (χ1v) is 5.68. The highest BCUT2D eigenvalue weighted by atomic mass is 16.3. The van der Waals surface area contributed by atoms with Gasteiger partial charge >= 0.3 is 0 Å². The summed E-state index contributed by atoms with van der Waals surface area (Å²) in [6.45, 7) is 4.86. The second kappa shape index (κ2) is 1.50. The third kappa shape index (κ3) is 0.587. The van der Waals surface area contributed by atoms with Crippen LogP contribution in [0, 0.1) is 28.6 Å². The Hall–Kier alpha value is -0.0400. The topological polar surface area (TPSA) is 20.2 Å². The smallest absolute Gasteiger partial charge is 0.0661 e. The fourth-order valence-corrected chi connectivity index (χ4v) is 6.20. The molecule has 5 rings (SSSR count). The van der Waals surface area contributed by atoms with E-state index in [4.69, 9.17) is 0 Å². The predicted molar refractivity (Wildman–Crippen MR) is 50.1 cm³/mol. The van der Waals surface area contributed by atoms with Crippen molar-refractivity contribution in [2.24, 2.45) is 28.6 Å². The lowest BCUT2D eigenvalue weighted by molar-refractivity contribution is -0.131. The van der Waals surface area contributed by atoms with Crippen LogP contribution < -0.4 is 0 Å². The minimum Gasteiger partial charge on any atom is -0.390 e. The van der Waals surface area contributed by atoms with Crippen LogP contribution in [0.2, 0.25) is 0 Å². The van der Waals surface area contributed by atoms with Crippen LogP contribution in [0.3, 0.4) is 0 Å². The molecule has 5 fully saturated rings. The molecule has 13 heavy (non-hydrogen) atoms. The summed E-state index contributed by atoms with van der Waals surface area (Å²) in [5, 5.41) is 10.4. The summed E-state index contributed by atoms with van der Waals surface area (Å²) in [4.78, 5) is 0. The maximum atomic E-state index is 10.4. The largest absolute Gasteiger partial charge is 0.390 e. The molecule has 4 atom stereocenters. The molecule has 0 aliphatic heterocycles. The Morgan fingerprint density at radius 1 is 1.00 bits per heavy atom. The van der Waals surface area contributed by atoms with Crippen molar-refractivity contribution in [1.82, 2.24) is 0 Å². The van der Waals surface area contributed by atoms with Gasteiger partial charge in [-0.2, -0.15) is 0 Å². The molecule has 72 valence electrons. The molecule has 0 amide bonds. The second-order valence-electron chi connectivity index (χ2n) is 6.98. The summed E-state index contributed by atoms with van der Waals surface area (Å²) in [5.74, 6) is 2.91. The van der Waals surface area contributed by atoms with Gasteiger partial charge in [0.25, 0.3) is 0 Å². The van der Waals surface area contributed by atoms with E-state index in [9.17, 15) is 5.11 Å². The maximum absolute atomic E-state index is 10.4. The second-order valence-corrected chi connectivity index (χ2v) is 6.98. The quantitative estimate of drug-likeness (QED) is 0.603. The molecule has 1 nitrogen and oxygen atoms in total. The number of hydrogen-bond donors (Lipinski definition) is 1. The van der Waals surface area contributed by atoms with E-state index >= 15 is 0 Å². The van der Waals surface area contributed by atoms with Gasteiger partial charge in [0.05, 0.1) is 5.60 Å². The van der Waals surface area contributed by atoms with Crippen LogP contribution in [0.1, 0.15) is 39.5 Å². The van der Waals surface area contributed by atoms with Gasteiger partial charge in [0.2, 0.25) is 0 Å². The fraction of sp³-hybridized carbons (Fsp3) is 1.00. The summed E-state index contributed by atoms with van der Waals surface area (Å²) in [6.07, 6.45) is 4.74. The summed E-state index contributed by atoms with van der Waals surface area (Å²) in [5.41, 5.74) is 0.792. The molecule has 5 saturated carbocycles. The van der Waals surface area contributed by atoms with Crippen molar-refractivity contribution in [2.75, 3.05) is 0 Å². The first-order valence-electron chi connectivity index (χ1n) is 5.68. The van der Waals surface area contributed by atoms with E-state index in [-0.39, 0.29) is 5.60 Å². The lowest BCUT2D eigenvalue weighted by Gasteiger charge is -2.54. The number of hydrogen-bond acceptors (Lipinski definition) is 1. The molecule has 1 heteroatoms. The SMILES string of the molecule is C[C@@]12CC3(O)CC4C1C4[C@@](C)(C3)C2. The standard InChI is InChI=1S/C12H18O/c1-10-4-11(2)6-12(13,5-10)3-7-8(10)9(7)11/h7-9,13H,3-6H2,1-2H3/t7?,8?,9?,10-,11-,12?/m1/s1. The molecular formula is C12H18O. The Morgan fingerprint density at radius 3 is 2.00 bits per heavy atom. The molecule has 0 aromatic heterocycles. The van der Waals surface area contributed by atoms with Crippen LogP contribution in [0.25, 0.3) is 0 Å². The van der Waals surface area contributed by atoms with E-state index in [1.54, 1.807) is 0 Å². The molecule has 0 radical (unpaired) electrons. The van der Waals surface area contributed by atoms with Gasteiger partial charge in [-0.05, 0) is 54.3 Å². The van der Waals surface area contributed by atoms with Crippen molar-refractivity contribution in [3.63, 3.8) is 0 Å². The van der Waals surface area contributed by atoms with E-state index in [0.29, 0.717) is 10.8 Å². The van der Waals surface area contributed by atoms with Gasteiger partial charge in [-0.3, -0.25) is 0 Å². The van der Waals surface area contributed by atoms with E-state index in [1.807, 2.05) is 0 Å². The van der Waals surface area contributed by atoms with Gasteiger partial charge < -0.3 is 5.11 Å². The minimum atomic E-state index is -0.254. The van der Waals surface area contributed by atoms with Gasteiger partial charge in [-0.15, -0.1) is 0 Å². The lowest BCUT2D eigenvalue weighted by atomic mass is 9.54. The average Bonchev–Trinajstić information content (AvgIpc) is 2.51. The summed E-state index contributed by atoms with van der Waals surface area (Å²) in [6, 6.07) is 0.